The van der Waals surface area contributed by atoms with E-state index in [1.165, 1.54) is 6.33 Å². The number of halogens is 1. The molecule has 3 rings (SSSR count). The molecule has 0 aromatic carbocycles. The summed E-state index contributed by atoms with van der Waals surface area (Å²) in [4.78, 5) is 24.1. The van der Waals surface area contributed by atoms with E-state index in [0.717, 1.165) is 18.5 Å². The van der Waals surface area contributed by atoms with Gasteiger partial charge in [0.05, 0.1) is 12.4 Å². The molecule has 1 atom stereocenters. The lowest BCUT2D eigenvalue weighted by atomic mass is 10.2. The van der Waals surface area contributed by atoms with E-state index in [0.29, 0.717) is 16.5 Å². The summed E-state index contributed by atoms with van der Waals surface area (Å²) in [5.74, 6) is 0.272. The first-order chi connectivity index (χ1) is 7.77. The molecule has 0 N–H and O–H groups in total. The van der Waals surface area contributed by atoms with Gasteiger partial charge in [-0.2, -0.15) is 0 Å². The maximum atomic E-state index is 11.7. The van der Waals surface area contributed by atoms with Crippen molar-refractivity contribution in [1.82, 2.24) is 19.5 Å². The molecule has 1 aliphatic carbocycles. The van der Waals surface area contributed by atoms with E-state index in [-0.39, 0.29) is 11.8 Å². The number of Topliss-reactive ketones (excluding diaryl/α,β-unsaturated/α-hetero) is 1. The van der Waals surface area contributed by atoms with Crippen molar-refractivity contribution in [2.45, 2.75) is 25.3 Å². The Bertz CT molecular complexity index is 565. The minimum atomic E-state index is -0.0909. The molecule has 0 radical (unpaired) electrons. The van der Waals surface area contributed by atoms with E-state index < -0.39 is 0 Å². The lowest BCUT2D eigenvalue weighted by Gasteiger charge is -2.09. The Morgan fingerprint density at radius 2 is 2.25 bits per heavy atom. The molecular formula is C10H9BrN4O. The summed E-state index contributed by atoms with van der Waals surface area (Å²) in [6.45, 7) is 0. The molecule has 5 nitrogen and oxygen atoms in total. The van der Waals surface area contributed by atoms with Gasteiger partial charge in [0.2, 0.25) is 0 Å². The molecule has 82 valence electrons. The van der Waals surface area contributed by atoms with Crippen molar-refractivity contribution in [3.05, 3.63) is 17.3 Å². The number of aromatic nitrogens is 4. The summed E-state index contributed by atoms with van der Waals surface area (Å²) in [7, 11) is 0. The number of fused-ring (bicyclic) bond motifs is 1. The van der Waals surface area contributed by atoms with Crippen molar-refractivity contribution in [3.63, 3.8) is 0 Å². The fourth-order valence-corrected chi connectivity index (χ4v) is 2.51. The van der Waals surface area contributed by atoms with Crippen LogP contribution in [0, 0.1) is 0 Å². The van der Waals surface area contributed by atoms with Crippen LogP contribution in [0.2, 0.25) is 0 Å². The van der Waals surface area contributed by atoms with E-state index in [1.54, 1.807) is 6.33 Å². The monoisotopic (exact) mass is 280 g/mol. The van der Waals surface area contributed by atoms with E-state index in [4.69, 9.17) is 0 Å². The van der Waals surface area contributed by atoms with Gasteiger partial charge in [-0.3, -0.25) is 4.79 Å². The van der Waals surface area contributed by atoms with Gasteiger partial charge >= 0.3 is 0 Å². The van der Waals surface area contributed by atoms with Gasteiger partial charge in [-0.1, -0.05) is 0 Å². The topological polar surface area (TPSA) is 60.7 Å². The smallest absolute Gasteiger partial charge is 0.165 e. The van der Waals surface area contributed by atoms with Gasteiger partial charge in [0.15, 0.2) is 11.4 Å². The van der Waals surface area contributed by atoms with Gasteiger partial charge in [-0.05, 0) is 28.8 Å². The van der Waals surface area contributed by atoms with Crippen LogP contribution in [0.1, 0.15) is 25.3 Å². The fraction of sp³-hybridized carbons (Fsp3) is 0.400. The lowest BCUT2D eigenvalue weighted by Crippen LogP contribution is -2.12. The van der Waals surface area contributed by atoms with Crippen LogP contribution in [0.4, 0.5) is 0 Å². The van der Waals surface area contributed by atoms with E-state index in [1.807, 2.05) is 4.57 Å². The molecule has 0 amide bonds. The highest BCUT2D eigenvalue weighted by molar-refractivity contribution is 9.10. The SMILES string of the molecule is O=C1CCCC1n1cnc2c(Br)ncnc21. The predicted molar refractivity (Wildman–Crippen MR) is 60.9 cm³/mol. The van der Waals surface area contributed by atoms with Crippen molar-refractivity contribution in [1.29, 1.82) is 0 Å². The zero-order chi connectivity index (χ0) is 11.1. The number of rotatable bonds is 1. The fourth-order valence-electron chi connectivity index (χ4n) is 2.14. The minimum absolute atomic E-state index is 0.0909. The Morgan fingerprint density at radius 1 is 1.38 bits per heavy atom. The third-order valence-corrected chi connectivity index (χ3v) is 3.50. The summed E-state index contributed by atoms with van der Waals surface area (Å²) in [5, 5.41) is 0. The molecule has 1 saturated carbocycles. The zero-order valence-corrected chi connectivity index (χ0v) is 10.0. The Labute approximate surface area is 100 Å². The largest absolute Gasteiger partial charge is 0.305 e. The first-order valence-corrected chi connectivity index (χ1v) is 5.92. The number of nitrogens with zero attached hydrogens (tertiary/aromatic N) is 4. The minimum Gasteiger partial charge on any atom is -0.305 e. The number of carbonyl (C=O) groups excluding carboxylic acids is 1. The highest BCUT2D eigenvalue weighted by Gasteiger charge is 2.27. The molecule has 1 aliphatic rings. The summed E-state index contributed by atoms with van der Waals surface area (Å²) in [6, 6.07) is -0.0909. The number of ketones is 1. The first kappa shape index (κ1) is 9.89. The maximum absolute atomic E-state index is 11.7. The van der Waals surface area contributed by atoms with E-state index in [9.17, 15) is 4.79 Å². The van der Waals surface area contributed by atoms with Crippen LogP contribution in [0.25, 0.3) is 11.2 Å². The molecule has 2 aromatic heterocycles. The van der Waals surface area contributed by atoms with Crippen LogP contribution < -0.4 is 0 Å². The normalized spacial score (nSPS) is 20.8. The van der Waals surface area contributed by atoms with Crippen LogP contribution >= 0.6 is 15.9 Å². The molecule has 1 unspecified atom stereocenters. The summed E-state index contributed by atoms with van der Waals surface area (Å²) in [6.07, 6.45) is 5.65. The second kappa shape index (κ2) is 3.62. The van der Waals surface area contributed by atoms with Crippen molar-refractivity contribution in [2.75, 3.05) is 0 Å². The van der Waals surface area contributed by atoms with Gasteiger partial charge in [-0.25, -0.2) is 15.0 Å². The van der Waals surface area contributed by atoms with Crippen LogP contribution in [-0.4, -0.2) is 25.3 Å². The Balaban J connectivity index is 2.17. The van der Waals surface area contributed by atoms with Crippen LogP contribution in [-0.2, 0) is 4.79 Å². The maximum Gasteiger partial charge on any atom is 0.165 e. The third-order valence-electron chi connectivity index (χ3n) is 2.92. The van der Waals surface area contributed by atoms with Gasteiger partial charge in [-0.15, -0.1) is 0 Å². The highest BCUT2D eigenvalue weighted by Crippen LogP contribution is 2.29. The molecule has 0 aliphatic heterocycles. The number of hydrogen-bond acceptors (Lipinski definition) is 4. The predicted octanol–water partition coefficient (Wildman–Crippen LogP) is 1.88. The summed E-state index contributed by atoms with van der Waals surface area (Å²) in [5.41, 5.74) is 1.43. The zero-order valence-electron chi connectivity index (χ0n) is 8.43. The van der Waals surface area contributed by atoms with Crippen molar-refractivity contribution in [2.24, 2.45) is 0 Å². The average Bonchev–Trinajstić information content (AvgIpc) is 2.84. The van der Waals surface area contributed by atoms with Gasteiger partial charge < -0.3 is 4.57 Å². The Kier molecular flexibility index (Phi) is 2.24. The summed E-state index contributed by atoms with van der Waals surface area (Å²) >= 11 is 3.32. The third kappa shape index (κ3) is 1.36. The highest BCUT2D eigenvalue weighted by atomic mass is 79.9. The number of carbonyl (C=O) groups is 1. The van der Waals surface area contributed by atoms with E-state index >= 15 is 0 Å². The molecule has 0 saturated heterocycles. The Morgan fingerprint density at radius 3 is 3.00 bits per heavy atom. The quantitative estimate of drug-likeness (QED) is 0.749. The van der Waals surface area contributed by atoms with Gasteiger partial charge in [0.25, 0.3) is 0 Å². The Hall–Kier alpha value is -1.30. The number of hydrogen-bond donors (Lipinski definition) is 0. The molecule has 0 bridgehead atoms. The molecule has 2 aromatic rings. The van der Waals surface area contributed by atoms with E-state index in [2.05, 4.69) is 30.9 Å². The standard InChI is InChI=1S/C10H9BrN4O/c11-9-8-10(13-4-12-9)15(5-14-8)6-2-1-3-7(6)16/h4-6H,1-3H2. The van der Waals surface area contributed by atoms with Crippen molar-refractivity contribution >= 4 is 32.9 Å². The average molecular weight is 281 g/mol. The number of imidazole rings is 1. The van der Waals surface area contributed by atoms with Crippen LogP contribution in [0.3, 0.4) is 0 Å². The second-order valence-electron chi connectivity index (χ2n) is 3.86. The van der Waals surface area contributed by atoms with Crippen LogP contribution in [0.15, 0.2) is 17.3 Å². The van der Waals surface area contributed by atoms with Gasteiger partial charge in [0.1, 0.15) is 16.4 Å². The first-order valence-electron chi connectivity index (χ1n) is 5.13. The summed E-state index contributed by atoms with van der Waals surface area (Å²) < 4.78 is 2.53. The van der Waals surface area contributed by atoms with Gasteiger partial charge in [0, 0.05) is 6.42 Å². The molecule has 0 spiro atoms. The molecule has 16 heavy (non-hydrogen) atoms. The lowest BCUT2D eigenvalue weighted by molar-refractivity contribution is -0.120. The van der Waals surface area contributed by atoms with Crippen molar-refractivity contribution < 1.29 is 4.79 Å². The molecule has 6 heteroatoms. The molecule has 2 heterocycles. The molecule has 1 fully saturated rings. The molecular weight excluding hydrogens is 272 g/mol. The van der Waals surface area contributed by atoms with Crippen molar-refractivity contribution in [3.8, 4) is 0 Å². The van der Waals surface area contributed by atoms with Crippen LogP contribution in [0.5, 0.6) is 0 Å². The second-order valence-corrected chi connectivity index (χ2v) is 4.61.